The first-order valence-electron chi connectivity index (χ1n) is 9.97. The summed E-state index contributed by atoms with van der Waals surface area (Å²) in [6.07, 6.45) is 4.93. The molecule has 8 nitrogen and oxygen atoms in total. The van der Waals surface area contributed by atoms with Crippen molar-refractivity contribution in [3.8, 4) is 45.3 Å². The summed E-state index contributed by atoms with van der Waals surface area (Å²) in [6, 6.07) is 21.3. The average Bonchev–Trinajstić information content (AvgIpc) is 3.58. The van der Waals surface area contributed by atoms with Crippen LogP contribution in [0.5, 0.6) is 0 Å². The Morgan fingerprint density at radius 3 is 2.38 bits per heavy atom. The van der Waals surface area contributed by atoms with Crippen LogP contribution in [0, 0.1) is 0 Å². The lowest BCUT2D eigenvalue weighted by molar-refractivity contribution is 0.422. The van der Waals surface area contributed by atoms with Gasteiger partial charge in [0, 0.05) is 35.0 Å². The van der Waals surface area contributed by atoms with Gasteiger partial charge in [0.15, 0.2) is 0 Å². The maximum absolute atomic E-state index is 5.19. The summed E-state index contributed by atoms with van der Waals surface area (Å²) in [5, 5.41) is 21.4. The molecule has 32 heavy (non-hydrogen) atoms. The van der Waals surface area contributed by atoms with E-state index in [-0.39, 0.29) is 0 Å². The largest absolute Gasteiger partial charge is 0.364 e. The zero-order valence-corrected chi connectivity index (χ0v) is 16.7. The standard InChI is InChI=1S/C24H15N7O/c1-2-6-16-15(5-1)8-9-17(27-16)21-22(18-11-14-32-31-18)24(20-10-13-26-28-20)30-29-23(21)19-7-3-4-12-25-19/h1-14H,(H,26,28). The molecule has 0 fully saturated rings. The molecule has 5 heterocycles. The maximum atomic E-state index is 5.19. The van der Waals surface area contributed by atoms with Crippen LogP contribution in [0.3, 0.4) is 0 Å². The van der Waals surface area contributed by atoms with Crippen molar-refractivity contribution in [3.05, 3.63) is 85.4 Å². The van der Waals surface area contributed by atoms with E-state index in [4.69, 9.17) is 9.51 Å². The van der Waals surface area contributed by atoms with Crippen molar-refractivity contribution in [1.82, 2.24) is 35.5 Å². The smallest absolute Gasteiger partial charge is 0.124 e. The van der Waals surface area contributed by atoms with Crippen LogP contribution < -0.4 is 0 Å². The topological polar surface area (TPSA) is 106 Å². The van der Waals surface area contributed by atoms with Crippen LogP contribution in [0.2, 0.25) is 0 Å². The third-order valence-electron chi connectivity index (χ3n) is 5.19. The van der Waals surface area contributed by atoms with Gasteiger partial charge in [-0.05, 0) is 30.3 Å². The molecule has 152 valence electrons. The monoisotopic (exact) mass is 417 g/mol. The van der Waals surface area contributed by atoms with Crippen molar-refractivity contribution in [1.29, 1.82) is 0 Å². The minimum Gasteiger partial charge on any atom is -0.364 e. The lowest BCUT2D eigenvalue weighted by Gasteiger charge is -2.15. The SMILES string of the molecule is c1ccc(-c2nnc(-c3ccn[nH]3)c(-c3ccon3)c2-c2ccc3ccccc3n2)nc1. The fourth-order valence-corrected chi connectivity index (χ4v) is 3.74. The number of fused-ring (bicyclic) bond motifs is 1. The first-order valence-corrected chi connectivity index (χ1v) is 9.97. The Morgan fingerprint density at radius 2 is 1.56 bits per heavy atom. The van der Waals surface area contributed by atoms with Gasteiger partial charge in [-0.3, -0.25) is 10.1 Å². The van der Waals surface area contributed by atoms with Gasteiger partial charge in [-0.25, -0.2) is 4.98 Å². The lowest BCUT2D eigenvalue weighted by Crippen LogP contribution is -2.03. The number of pyridine rings is 2. The molecule has 8 heteroatoms. The van der Waals surface area contributed by atoms with Crippen molar-refractivity contribution in [2.45, 2.75) is 0 Å². The Balaban J connectivity index is 1.73. The molecule has 0 unspecified atom stereocenters. The summed E-state index contributed by atoms with van der Waals surface area (Å²) < 4.78 is 5.19. The van der Waals surface area contributed by atoms with E-state index in [9.17, 15) is 0 Å². The number of rotatable bonds is 4. The van der Waals surface area contributed by atoms with Crippen molar-refractivity contribution in [2.75, 3.05) is 0 Å². The molecule has 0 spiro atoms. The summed E-state index contributed by atoms with van der Waals surface area (Å²) in [7, 11) is 0. The molecule has 1 N–H and O–H groups in total. The molecule has 1 aromatic carbocycles. The Labute approximate surface area is 182 Å². The third-order valence-corrected chi connectivity index (χ3v) is 5.19. The Bertz CT molecular complexity index is 1510. The first-order chi connectivity index (χ1) is 15.9. The number of nitrogens with zero attached hydrogens (tertiary/aromatic N) is 6. The average molecular weight is 417 g/mol. The summed E-state index contributed by atoms with van der Waals surface area (Å²) in [4.78, 5) is 9.46. The van der Waals surface area contributed by atoms with Gasteiger partial charge in [-0.1, -0.05) is 35.5 Å². The fourth-order valence-electron chi connectivity index (χ4n) is 3.74. The highest BCUT2D eigenvalue weighted by Gasteiger charge is 2.25. The van der Waals surface area contributed by atoms with Gasteiger partial charge < -0.3 is 4.52 Å². The predicted molar refractivity (Wildman–Crippen MR) is 119 cm³/mol. The zero-order valence-electron chi connectivity index (χ0n) is 16.7. The van der Waals surface area contributed by atoms with E-state index in [2.05, 4.69) is 30.5 Å². The molecule has 0 aliphatic carbocycles. The van der Waals surface area contributed by atoms with E-state index in [1.165, 1.54) is 6.26 Å². The van der Waals surface area contributed by atoms with E-state index in [1.54, 1.807) is 18.5 Å². The number of benzene rings is 1. The molecular weight excluding hydrogens is 402 g/mol. The van der Waals surface area contributed by atoms with Crippen molar-refractivity contribution in [3.63, 3.8) is 0 Å². The van der Waals surface area contributed by atoms with Gasteiger partial charge in [0.2, 0.25) is 0 Å². The number of nitrogens with one attached hydrogen (secondary N) is 1. The molecule has 0 saturated carbocycles. The van der Waals surface area contributed by atoms with E-state index in [1.807, 2.05) is 60.7 Å². The predicted octanol–water partition coefficient (Wildman–Crippen LogP) is 4.80. The van der Waals surface area contributed by atoms with Gasteiger partial charge in [0.05, 0.1) is 22.6 Å². The van der Waals surface area contributed by atoms with Gasteiger partial charge in [0.1, 0.15) is 23.3 Å². The minimum absolute atomic E-state index is 0.598. The molecule has 0 saturated heterocycles. The van der Waals surface area contributed by atoms with Crippen LogP contribution in [0.4, 0.5) is 0 Å². The van der Waals surface area contributed by atoms with Crippen molar-refractivity contribution >= 4 is 10.9 Å². The molecule has 5 aromatic heterocycles. The van der Waals surface area contributed by atoms with Gasteiger partial charge >= 0.3 is 0 Å². The normalized spacial score (nSPS) is 11.1. The third kappa shape index (κ3) is 3.02. The fraction of sp³-hybridized carbons (Fsp3) is 0. The molecule has 6 aromatic rings. The number of aromatic amines is 1. The molecule has 6 rings (SSSR count). The Hall–Kier alpha value is -4.72. The summed E-state index contributed by atoms with van der Waals surface area (Å²) in [5.74, 6) is 0. The minimum atomic E-state index is 0.598. The van der Waals surface area contributed by atoms with E-state index < -0.39 is 0 Å². The van der Waals surface area contributed by atoms with Crippen LogP contribution >= 0.6 is 0 Å². The van der Waals surface area contributed by atoms with E-state index in [0.717, 1.165) is 27.7 Å². The second-order valence-corrected chi connectivity index (χ2v) is 7.11. The van der Waals surface area contributed by atoms with Gasteiger partial charge in [-0.2, -0.15) is 5.10 Å². The number of hydrogen-bond donors (Lipinski definition) is 1. The summed E-state index contributed by atoms with van der Waals surface area (Å²) >= 11 is 0. The molecule has 0 atom stereocenters. The number of para-hydroxylation sites is 1. The molecule has 0 amide bonds. The Kier molecular flexibility index (Phi) is 4.25. The van der Waals surface area contributed by atoms with E-state index >= 15 is 0 Å². The lowest BCUT2D eigenvalue weighted by atomic mass is 9.95. The van der Waals surface area contributed by atoms with Crippen LogP contribution in [-0.2, 0) is 0 Å². The highest BCUT2D eigenvalue weighted by atomic mass is 16.5. The summed E-state index contributed by atoms with van der Waals surface area (Å²) in [5.41, 5.74) is 6.34. The first kappa shape index (κ1) is 18.1. The molecule has 0 aliphatic heterocycles. The molecule has 0 bridgehead atoms. The van der Waals surface area contributed by atoms with Crippen LogP contribution in [0.15, 0.2) is 89.9 Å². The number of hydrogen-bond acceptors (Lipinski definition) is 7. The second kappa shape index (κ2) is 7.51. The van der Waals surface area contributed by atoms with Gasteiger partial charge in [-0.15, -0.1) is 10.2 Å². The van der Waals surface area contributed by atoms with Crippen LogP contribution in [0.25, 0.3) is 56.2 Å². The molecule has 0 radical (unpaired) electrons. The number of aromatic nitrogens is 7. The summed E-state index contributed by atoms with van der Waals surface area (Å²) in [6.45, 7) is 0. The quantitative estimate of drug-likeness (QED) is 0.439. The van der Waals surface area contributed by atoms with Crippen LogP contribution in [0.1, 0.15) is 0 Å². The zero-order chi connectivity index (χ0) is 21.3. The maximum Gasteiger partial charge on any atom is 0.124 e. The highest BCUT2D eigenvalue weighted by molar-refractivity contribution is 5.96. The van der Waals surface area contributed by atoms with Crippen molar-refractivity contribution in [2.24, 2.45) is 0 Å². The highest BCUT2D eigenvalue weighted by Crippen LogP contribution is 2.41. The molecular formula is C24H15N7O. The van der Waals surface area contributed by atoms with Gasteiger partial charge in [0.25, 0.3) is 0 Å². The number of H-pyrrole nitrogens is 1. The van der Waals surface area contributed by atoms with E-state index in [0.29, 0.717) is 28.5 Å². The molecule has 0 aliphatic rings. The Morgan fingerprint density at radius 1 is 0.688 bits per heavy atom. The second-order valence-electron chi connectivity index (χ2n) is 7.11. The van der Waals surface area contributed by atoms with Crippen LogP contribution in [-0.4, -0.2) is 35.5 Å². The van der Waals surface area contributed by atoms with Crippen molar-refractivity contribution < 1.29 is 4.52 Å².